The van der Waals surface area contributed by atoms with E-state index in [1.54, 1.807) is 0 Å². The summed E-state index contributed by atoms with van der Waals surface area (Å²) in [5.41, 5.74) is 4.00. The van der Waals surface area contributed by atoms with Gasteiger partial charge in [0.2, 0.25) is 0 Å². The van der Waals surface area contributed by atoms with Crippen molar-refractivity contribution < 1.29 is 9.53 Å². The van der Waals surface area contributed by atoms with Crippen LogP contribution in [0.5, 0.6) is 0 Å². The van der Waals surface area contributed by atoms with Crippen LogP contribution in [0, 0.1) is 42.4 Å². The summed E-state index contributed by atoms with van der Waals surface area (Å²) in [5, 5.41) is 0. The molecule has 3 fully saturated rings. The number of carbonyl (C=O) groups excluding carboxylic acids is 1. The maximum Gasteiger partial charge on any atom is 0.183 e. The van der Waals surface area contributed by atoms with E-state index >= 15 is 4.79 Å². The van der Waals surface area contributed by atoms with Crippen LogP contribution in [0.2, 0.25) is 0 Å². The molecule has 5 rings (SSSR count). The first-order chi connectivity index (χ1) is 22.0. The molecule has 1 aliphatic heterocycles. The first-order valence-electron chi connectivity index (χ1n) is 18.9. The summed E-state index contributed by atoms with van der Waals surface area (Å²) >= 11 is 0. The van der Waals surface area contributed by atoms with Crippen LogP contribution in [0.25, 0.3) is 0 Å². The monoisotopic (exact) mass is 628 g/mol. The van der Waals surface area contributed by atoms with Gasteiger partial charge in [-0.25, -0.2) is 0 Å². The molecule has 1 heterocycles. The molecule has 46 heavy (non-hydrogen) atoms. The highest BCUT2D eigenvalue weighted by Crippen LogP contribution is 2.48. The van der Waals surface area contributed by atoms with Gasteiger partial charge in [-0.1, -0.05) is 91.1 Å². The average Bonchev–Trinajstić information content (AvgIpc) is 3.05. The van der Waals surface area contributed by atoms with Crippen LogP contribution in [0.3, 0.4) is 0 Å². The van der Waals surface area contributed by atoms with Gasteiger partial charge in [0.05, 0.1) is 18.8 Å². The number of carbonyl (C=O) groups is 1. The van der Waals surface area contributed by atoms with E-state index in [4.69, 9.17) is 4.74 Å². The van der Waals surface area contributed by atoms with Gasteiger partial charge < -0.3 is 9.64 Å². The Morgan fingerprint density at radius 2 is 1.35 bits per heavy atom. The van der Waals surface area contributed by atoms with E-state index in [9.17, 15) is 0 Å². The summed E-state index contributed by atoms with van der Waals surface area (Å²) in [4.78, 5) is 21.0. The number of anilines is 1. The number of aryl methyl sites for hydroxylation is 1. The van der Waals surface area contributed by atoms with E-state index in [0.717, 1.165) is 44.7 Å². The number of ether oxygens (including phenoxy) is 1. The number of nitrogens with zero attached hydrogens (tertiary/aromatic N) is 2. The molecule has 0 amide bonds. The third-order valence-corrected chi connectivity index (χ3v) is 12.3. The molecule has 2 aliphatic carbocycles. The summed E-state index contributed by atoms with van der Waals surface area (Å²) in [6, 6.07) is 18.5. The van der Waals surface area contributed by atoms with Gasteiger partial charge in [-0.3, -0.25) is 9.69 Å². The molecule has 0 bridgehead atoms. The molecule has 7 atom stereocenters. The molecule has 7 unspecified atom stereocenters. The van der Waals surface area contributed by atoms with Crippen molar-refractivity contribution in [2.75, 3.05) is 31.2 Å². The SMILES string of the molecule is CCC(Cc1ccc(C)cc1)(C(=O)c1ccc(N2CCOCC2)cc1)N(C1CC(C)CCC1C(C)C)C1CC(C)CCC1C(C)C. The molecular formula is C42H64N2O2. The van der Waals surface area contributed by atoms with Crippen molar-refractivity contribution in [3.63, 3.8) is 0 Å². The predicted molar refractivity (Wildman–Crippen MR) is 194 cm³/mol. The van der Waals surface area contributed by atoms with E-state index < -0.39 is 5.54 Å². The van der Waals surface area contributed by atoms with E-state index in [1.807, 2.05) is 0 Å². The topological polar surface area (TPSA) is 32.8 Å². The second-order valence-corrected chi connectivity index (χ2v) is 16.2. The molecule has 0 radical (unpaired) electrons. The molecular weight excluding hydrogens is 564 g/mol. The molecule has 3 aliphatic rings. The highest BCUT2D eigenvalue weighted by atomic mass is 16.5. The highest BCUT2D eigenvalue weighted by molar-refractivity contribution is 6.03. The van der Waals surface area contributed by atoms with Crippen molar-refractivity contribution in [2.24, 2.45) is 35.5 Å². The molecule has 1 saturated heterocycles. The molecule has 2 aromatic carbocycles. The number of rotatable bonds is 11. The van der Waals surface area contributed by atoms with Crippen molar-refractivity contribution in [3.05, 3.63) is 65.2 Å². The summed E-state index contributed by atoms with van der Waals surface area (Å²) < 4.78 is 5.61. The van der Waals surface area contributed by atoms with E-state index in [0.29, 0.717) is 53.4 Å². The van der Waals surface area contributed by atoms with E-state index in [2.05, 4.69) is 114 Å². The van der Waals surface area contributed by atoms with Crippen molar-refractivity contribution in [2.45, 2.75) is 124 Å². The first kappa shape index (κ1) is 35.1. The zero-order valence-corrected chi connectivity index (χ0v) is 30.4. The maximum absolute atomic E-state index is 15.6. The van der Waals surface area contributed by atoms with Crippen molar-refractivity contribution in [1.29, 1.82) is 0 Å². The molecule has 254 valence electrons. The zero-order valence-electron chi connectivity index (χ0n) is 30.4. The highest BCUT2D eigenvalue weighted by Gasteiger charge is 2.53. The fourth-order valence-corrected chi connectivity index (χ4v) is 9.54. The number of ketones is 1. The van der Waals surface area contributed by atoms with Crippen LogP contribution in [0.1, 0.15) is 115 Å². The van der Waals surface area contributed by atoms with Crippen molar-refractivity contribution in [3.8, 4) is 0 Å². The van der Waals surface area contributed by atoms with Crippen molar-refractivity contribution in [1.82, 2.24) is 4.90 Å². The number of morpholine rings is 1. The standard InChI is InChI=1S/C42H64N2O2/c1-9-42(28-34-14-10-31(6)11-15-34,41(45)35-16-18-36(19-17-35)43-22-24-46-25-23-43)44(39-26-32(7)12-20-37(39)29(2)3)40-27-33(8)13-21-38(40)30(4)5/h10-11,14-19,29-30,32-33,37-40H,9,12-13,20-28H2,1-8H3. The minimum absolute atomic E-state index is 0.325. The average molecular weight is 629 g/mol. The van der Waals surface area contributed by atoms with Crippen LogP contribution in [0.4, 0.5) is 5.69 Å². The second-order valence-electron chi connectivity index (χ2n) is 16.2. The summed E-state index contributed by atoms with van der Waals surface area (Å²) in [7, 11) is 0. The molecule has 0 spiro atoms. The Labute approximate surface area is 281 Å². The van der Waals surface area contributed by atoms with Crippen LogP contribution in [-0.2, 0) is 11.2 Å². The number of hydrogen-bond acceptors (Lipinski definition) is 4. The third-order valence-electron chi connectivity index (χ3n) is 12.3. The summed E-state index contributed by atoms with van der Waals surface area (Å²) in [5.74, 6) is 4.07. The van der Waals surface area contributed by atoms with Gasteiger partial charge in [-0.15, -0.1) is 0 Å². The molecule has 2 saturated carbocycles. The summed E-state index contributed by atoms with van der Waals surface area (Å²) in [6.45, 7) is 22.5. The Morgan fingerprint density at radius 1 is 0.826 bits per heavy atom. The van der Waals surface area contributed by atoms with Gasteiger partial charge in [0.1, 0.15) is 0 Å². The quantitative estimate of drug-likeness (QED) is 0.232. The first-order valence-corrected chi connectivity index (χ1v) is 18.9. The molecule has 0 N–H and O–H groups in total. The third kappa shape index (κ3) is 7.59. The lowest BCUT2D eigenvalue weighted by atomic mass is 9.65. The second kappa shape index (κ2) is 15.4. The number of hydrogen-bond donors (Lipinski definition) is 0. The number of benzene rings is 2. The normalized spacial score (nSPS) is 28.9. The smallest absolute Gasteiger partial charge is 0.183 e. The Bertz CT molecular complexity index is 1220. The minimum atomic E-state index is -0.612. The fourth-order valence-electron chi connectivity index (χ4n) is 9.54. The maximum atomic E-state index is 15.6. The van der Waals surface area contributed by atoms with Gasteiger partial charge in [0.15, 0.2) is 5.78 Å². The predicted octanol–water partition coefficient (Wildman–Crippen LogP) is 9.63. The Hall–Kier alpha value is -2.17. The van der Waals surface area contributed by atoms with E-state index in [-0.39, 0.29) is 0 Å². The number of Topliss-reactive ketones (excluding diaryl/α,β-unsaturated/α-hetero) is 1. The van der Waals surface area contributed by atoms with Gasteiger partial charge >= 0.3 is 0 Å². The zero-order chi connectivity index (χ0) is 33.0. The van der Waals surface area contributed by atoms with Gasteiger partial charge in [0.25, 0.3) is 0 Å². The van der Waals surface area contributed by atoms with E-state index in [1.165, 1.54) is 55.3 Å². The Morgan fingerprint density at radius 3 is 1.83 bits per heavy atom. The van der Waals surface area contributed by atoms with Crippen molar-refractivity contribution >= 4 is 11.5 Å². The Kier molecular flexibility index (Phi) is 11.7. The fraction of sp³-hybridized carbons (Fsp3) is 0.690. The molecule has 0 aromatic heterocycles. The molecule has 4 heteroatoms. The lowest BCUT2D eigenvalue weighted by molar-refractivity contribution is -0.0794. The van der Waals surface area contributed by atoms with Crippen LogP contribution < -0.4 is 4.90 Å². The van der Waals surface area contributed by atoms with Crippen LogP contribution in [-0.4, -0.2) is 54.6 Å². The van der Waals surface area contributed by atoms with Gasteiger partial charge in [-0.2, -0.15) is 0 Å². The Balaban J connectivity index is 1.68. The van der Waals surface area contributed by atoms with Gasteiger partial charge in [0, 0.05) is 36.4 Å². The van der Waals surface area contributed by atoms with Gasteiger partial charge in [-0.05, 0) is 111 Å². The lowest BCUT2D eigenvalue weighted by Crippen LogP contribution is -2.67. The van der Waals surface area contributed by atoms with Crippen LogP contribution >= 0.6 is 0 Å². The molecule has 2 aromatic rings. The minimum Gasteiger partial charge on any atom is -0.378 e. The largest absolute Gasteiger partial charge is 0.378 e. The lowest BCUT2D eigenvalue weighted by Gasteiger charge is -2.58. The van der Waals surface area contributed by atoms with Crippen LogP contribution in [0.15, 0.2) is 48.5 Å². The molecule has 4 nitrogen and oxygen atoms in total. The summed E-state index contributed by atoms with van der Waals surface area (Å²) in [6.07, 6.45) is 9.10.